The van der Waals surface area contributed by atoms with E-state index in [2.05, 4.69) is 26.0 Å². The molecule has 0 heterocycles. The lowest BCUT2D eigenvalue weighted by Gasteiger charge is -2.19. The Morgan fingerprint density at radius 2 is 1.78 bits per heavy atom. The first-order valence-corrected chi connectivity index (χ1v) is 6.51. The third-order valence-corrected chi connectivity index (χ3v) is 2.84. The van der Waals surface area contributed by atoms with Crippen molar-refractivity contribution in [2.45, 2.75) is 39.7 Å². The van der Waals surface area contributed by atoms with Crippen LogP contribution >= 0.6 is 0 Å². The average molecular weight is 248 g/mol. The molecule has 18 heavy (non-hydrogen) atoms. The van der Waals surface area contributed by atoms with Crippen LogP contribution in [0.5, 0.6) is 0 Å². The molecule has 1 rings (SSSR count). The first kappa shape index (κ1) is 14.7. The predicted molar refractivity (Wildman–Crippen MR) is 76.7 cm³/mol. The topological polar surface area (TPSA) is 46.3 Å². The number of carbonyl (C=O) groups excluding carboxylic acids is 1. The Hall–Kier alpha value is -1.35. The van der Waals surface area contributed by atoms with Crippen LogP contribution in [0.2, 0.25) is 0 Å². The lowest BCUT2D eigenvalue weighted by atomic mass is 10.0. The molecule has 3 heteroatoms. The highest BCUT2D eigenvalue weighted by atomic mass is 16.2. The van der Waals surface area contributed by atoms with Crippen LogP contribution in [0.3, 0.4) is 0 Å². The van der Waals surface area contributed by atoms with E-state index < -0.39 is 0 Å². The highest BCUT2D eigenvalue weighted by Crippen LogP contribution is 2.17. The molecule has 1 amide bonds. The lowest BCUT2D eigenvalue weighted by Crippen LogP contribution is -2.31. The highest BCUT2D eigenvalue weighted by molar-refractivity contribution is 5.93. The van der Waals surface area contributed by atoms with Gasteiger partial charge in [0.05, 0.1) is 0 Å². The van der Waals surface area contributed by atoms with E-state index in [0.717, 1.165) is 12.1 Å². The molecule has 0 aliphatic carbocycles. The number of hydrogen-bond acceptors (Lipinski definition) is 2. The Bertz CT molecular complexity index is 382. The maximum absolute atomic E-state index is 11.9. The van der Waals surface area contributed by atoms with Crippen molar-refractivity contribution in [1.82, 2.24) is 0 Å². The largest absolute Gasteiger partial charge is 0.327 e. The van der Waals surface area contributed by atoms with Crippen molar-refractivity contribution in [2.24, 2.45) is 11.7 Å². The van der Waals surface area contributed by atoms with Gasteiger partial charge in [-0.15, -0.1) is 0 Å². The van der Waals surface area contributed by atoms with Gasteiger partial charge in [-0.25, -0.2) is 0 Å². The molecule has 0 radical (unpaired) electrons. The Balaban J connectivity index is 2.69. The molecule has 0 aliphatic heterocycles. The maximum Gasteiger partial charge on any atom is 0.228 e. The SMILES string of the molecule is CC(C)Cc1ccc(N(C)C(=O)CC(C)N)cc1. The second-order valence-electron chi connectivity index (χ2n) is 5.40. The number of anilines is 1. The third kappa shape index (κ3) is 4.49. The minimum Gasteiger partial charge on any atom is -0.327 e. The van der Waals surface area contributed by atoms with Crippen molar-refractivity contribution in [3.8, 4) is 0 Å². The van der Waals surface area contributed by atoms with E-state index in [-0.39, 0.29) is 11.9 Å². The predicted octanol–water partition coefficient (Wildman–Crippen LogP) is 2.59. The molecule has 0 saturated heterocycles. The molecule has 0 fully saturated rings. The van der Waals surface area contributed by atoms with E-state index in [4.69, 9.17) is 5.73 Å². The van der Waals surface area contributed by atoms with Crippen LogP contribution in [-0.2, 0) is 11.2 Å². The lowest BCUT2D eigenvalue weighted by molar-refractivity contribution is -0.118. The molecule has 0 aromatic heterocycles. The van der Waals surface area contributed by atoms with Crippen LogP contribution in [0.15, 0.2) is 24.3 Å². The second kappa shape index (κ2) is 6.55. The first-order valence-electron chi connectivity index (χ1n) is 6.51. The van der Waals surface area contributed by atoms with Gasteiger partial charge in [0.15, 0.2) is 0 Å². The van der Waals surface area contributed by atoms with Gasteiger partial charge in [-0.3, -0.25) is 4.79 Å². The summed E-state index contributed by atoms with van der Waals surface area (Å²) in [5, 5.41) is 0. The van der Waals surface area contributed by atoms with E-state index in [0.29, 0.717) is 12.3 Å². The minimum absolute atomic E-state index is 0.0570. The van der Waals surface area contributed by atoms with Crippen LogP contribution in [0.4, 0.5) is 5.69 Å². The second-order valence-corrected chi connectivity index (χ2v) is 5.40. The quantitative estimate of drug-likeness (QED) is 0.870. The molecule has 2 N–H and O–H groups in total. The van der Waals surface area contributed by atoms with Gasteiger partial charge in [0.25, 0.3) is 0 Å². The number of carbonyl (C=O) groups is 1. The average Bonchev–Trinajstić information content (AvgIpc) is 2.27. The normalized spacial score (nSPS) is 12.6. The standard InChI is InChI=1S/C15H24N2O/c1-11(2)9-13-5-7-14(8-6-13)17(4)15(18)10-12(3)16/h5-8,11-12H,9-10,16H2,1-4H3. The van der Waals surface area contributed by atoms with E-state index in [9.17, 15) is 4.79 Å². The molecule has 100 valence electrons. The van der Waals surface area contributed by atoms with Gasteiger partial charge in [0, 0.05) is 25.2 Å². The van der Waals surface area contributed by atoms with Crippen molar-refractivity contribution in [2.75, 3.05) is 11.9 Å². The molecule has 0 saturated carbocycles. The van der Waals surface area contributed by atoms with Gasteiger partial charge in [-0.1, -0.05) is 26.0 Å². The van der Waals surface area contributed by atoms with Gasteiger partial charge >= 0.3 is 0 Å². The molecule has 0 bridgehead atoms. The zero-order valence-corrected chi connectivity index (χ0v) is 11.8. The molecule has 1 aromatic rings. The van der Waals surface area contributed by atoms with Crippen molar-refractivity contribution >= 4 is 11.6 Å². The summed E-state index contributed by atoms with van der Waals surface area (Å²) < 4.78 is 0. The maximum atomic E-state index is 11.9. The molecular weight excluding hydrogens is 224 g/mol. The van der Waals surface area contributed by atoms with Crippen LogP contribution in [0.25, 0.3) is 0 Å². The third-order valence-electron chi connectivity index (χ3n) is 2.84. The smallest absolute Gasteiger partial charge is 0.228 e. The van der Waals surface area contributed by atoms with Crippen molar-refractivity contribution in [3.63, 3.8) is 0 Å². The summed E-state index contributed by atoms with van der Waals surface area (Å²) in [5.74, 6) is 0.704. The summed E-state index contributed by atoms with van der Waals surface area (Å²) in [6.07, 6.45) is 1.45. The molecular formula is C15H24N2O. The summed E-state index contributed by atoms with van der Waals surface area (Å²) in [5.41, 5.74) is 7.87. The minimum atomic E-state index is -0.0971. The zero-order valence-electron chi connectivity index (χ0n) is 11.8. The number of rotatable bonds is 5. The summed E-state index contributed by atoms with van der Waals surface area (Å²) in [7, 11) is 1.79. The van der Waals surface area contributed by atoms with Crippen LogP contribution < -0.4 is 10.6 Å². The van der Waals surface area contributed by atoms with Crippen molar-refractivity contribution < 1.29 is 4.79 Å². The zero-order chi connectivity index (χ0) is 13.7. The van der Waals surface area contributed by atoms with Crippen LogP contribution in [0, 0.1) is 5.92 Å². The van der Waals surface area contributed by atoms with Gasteiger partial charge in [-0.05, 0) is 37.0 Å². The van der Waals surface area contributed by atoms with E-state index in [1.807, 2.05) is 19.1 Å². The Morgan fingerprint density at radius 3 is 2.22 bits per heavy atom. The molecule has 1 atom stereocenters. The fraction of sp³-hybridized carbons (Fsp3) is 0.533. The van der Waals surface area contributed by atoms with Gasteiger partial charge in [0.2, 0.25) is 5.91 Å². The van der Waals surface area contributed by atoms with Crippen LogP contribution in [0.1, 0.15) is 32.8 Å². The van der Waals surface area contributed by atoms with Crippen molar-refractivity contribution in [1.29, 1.82) is 0 Å². The fourth-order valence-electron chi connectivity index (χ4n) is 1.88. The van der Waals surface area contributed by atoms with Gasteiger partial charge in [0.1, 0.15) is 0 Å². The molecule has 0 aliphatic rings. The van der Waals surface area contributed by atoms with Crippen LogP contribution in [-0.4, -0.2) is 19.0 Å². The summed E-state index contributed by atoms with van der Waals surface area (Å²) in [6.45, 7) is 6.25. The summed E-state index contributed by atoms with van der Waals surface area (Å²) in [6, 6.07) is 8.07. The first-order chi connectivity index (χ1) is 8.40. The fourth-order valence-corrected chi connectivity index (χ4v) is 1.88. The summed E-state index contributed by atoms with van der Waals surface area (Å²) in [4.78, 5) is 13.5. The summed E-state index contributed by atoms with van der Waals surface area (Å²) >= 11 is 0. The number of benzene rings is 1. The number of nitrogens with two attached hydrogens (primary N) is 1. The van der Waals surface area contributed by atoms with E-state index in [1.54, 1.807) is 11.9 Å². The molecule has 1 aromatic carbocycles. The molecule has 1 unspecified atom stereocenters. The molecule has 3 nitrogen and oxygen atoms in total. The number of hydrogen-bond donors (Lipinski definition) is 1. The van der Waals surface area contributed by atoms with E-state index in [1.165, 1.54) is 5.56 Å². The number of nitrogens with zero attached hydrogens (tertiary/aromatic N) is 1. The van der Waals surface area contributed by atoms with E-state index >= 15 is 0 Å². The Labute approximate surface area is 110 Å². The highest BCUT2D eigenvalue weighted by Gasteiger charge is 2.12. The van der Waals surface area contributed by atoms with Gasteiger partial charge < -0.3 is 10.6 Å². The monoisotopic (exact) mass is 248 g/mol. The van der Waals surface area contributed by atoms with Gasteiger partial charge in [-0.2, -0.15) is 0 Å². The number of amides is 1. The Kier molecular flexibility index (Phi) is 5.35. The Morgan fingerprint density at radius 1 is 1.22 bits per heavy atom. The molecule has 0 spiro atoms. The van der Waals surface area contributed by atoms with Crippen molar-refractivity contribution in [3.05, 3.63) is 29.8 Å².